The molecule has 11 heteroatoms. The van der Waals surface area contributed by atoms with Gasteiger partial charge in [0.2, 0.25) is 11.5 Å². The van der Waals surface area contributed by atoms with Gasteiger partial charge in [-0.05, 0) is 32.0 Å². The summed E-state index contributed by atoms with van der Waals surface area (Å²) in [4.78, 5) is 27.3. The maximum absolute atomic E-state index is 12.4. The number of aromatic nitrogens is 5. The van der Waals surface area contributed by atoms with Crippen molar-refractivity contribution in [3.05, 3.63) is 59.8 Å². The molecule has 2 atom stereocenters. The number of likely N-dealkylation sites (N-methyl/N-ethyl adjacent to an activating group) is 1. The number of anilines is 1. The minimum Gasteiger partial charge on any atom is -0.373 e. The first kappa shape index (κ1) is 21.7. The predicted octanol–water partition coefficient (Wildman–Crippen LogP) is 2.71. The van der Waals surface area contributed by atoms with Gasteiger partial charge in [-0.2, -0.15) is 0 Å². The Kier molecular flexibility index (Phi) is 5.33. The van der Waals surface area contributed by atoms with Crippen LogP contribution in [-0.4, -0.2) is 54.8 Å². The van der Waals surface area contributed by atoms with E-state index in [1.807, 2.05) is 32.0 Å². The summed E-state index contributed by atoms with van der Waals surface area (Å²) in [5, 5.41) is 21.9. The van der Waals surface area contributed by atoms with Crippen molar-refractivity contribution in [3.63, 3.8) is 0 Å². The first-order valence-corrected chi connectivity index (χ1v) is 10.8. The highest BCUT2D eigenvalue weighted by Gasteiger charge is 2.48. The lowest BCUT2D eigenvalue weighted by molar-refractivity contribution is -0.144. The summed E-state index contributed by atoms with van der Waals surface area (Å²) in [7, 11) is 1.64. The van der Waals surface area contributed by atoms with Crippen LogP contribution in [-0.2, 0) is 10.4 Å². The van der Waals surface area contributed by atoms with Gasteiger partial charge in [-0.25, -0.2) is 15.0 Å². The van der Waals surface area contributed by atoms with Crippen molar-refractivity contribution in [2.45, 2.75) is 31.9 Å². The number of pyridine rings is 1. The van der Waals surface area contributed by atoms with E-state index in [2.05, 4.69) is 30.6 Å². The average molecular weight is 461 g/mol. The maximum atomic E-state index is 12.4. The molecule has 0 spiro atoms. The van der Waals surface area contributed by atoms with Gasteiger partial charge in [0.05, 0.1) is 28.8 Å². The molecule has 0 aromatic carbocycles. The van der Waals surface area contributed by atoms with Crippen LogP contribution in [0.2, 0.25) is 0 Å². The first-order chi connectivity index (χ1) is 16.3. The fourth-order valence-corrected chi connectivity index (χ4v) is 3.82. The summed E-state index contributed by atoms with van der Waals surface area (Å²) in [6.07, 6.45) is 1.89. The van der Waals surface area contributed by atoms with E-state index in [4.69, 9.17) is 9.05 Å². The minimum atomic E-state index is -1.70. The van der Waals surface area contributed by atoms with Crippen molar-refractivity contribution >= 4 is 11.9 Å². The largest absolute Gasteiger partial charge is 0.373 e. The van der Waals surface area contributed by atoms with Gasteiger partial charge in [0.25, 0.3) is 5.91 Å². The molecule has 0 aliphatic carbocycles. The molecular weight excluding hydrogens is 438 g/mol. The van der Waals surface area contributed by atoms with Crippen LogP contribution in [0.5, 0.6) is 0 Å². The molecule has 4 aromatic rings. The number of amides is 1. The number of rotatable bonds is 6. The molecule has 1 amide bonds. The summed E-state index contributed by atoms with van der Waals surface area (Å²) < 4.78 is 10.6. The van der Waals surface area contributed by atoms with Gasteiger partial charge < -0.3 is 24.4 Å². The fraction of sp³-hybridized carbons (Fsp3) is 0.304. The number of likely N-dealkylation sites (tertiary alicyclic amines) is 1. The van der Waals surface area contributed by atoms with E-state index in [0.29, 0.717) is 41.0 Å². The van der Waals surface area contributed by atoms with Crippen LogP contribution in [0.25, 0.3) is 22.8 Å². The lowest BCUT2D eigenvalue weighted by atomic mass is 9.98. The summed E-state index contributed by atoms with van der Waals surface area (Å²) in [5.41, 5.74) is 1.24. The average Bonchev–Trinajstić information content (AvgIpc) is 3.57. The van der Waals surface area contributed by atoms with Gasteiger partial charge in [-0.3, -0.25) is 4.79 Å². The SMILES string of the molecule is Cc1cc(C(C)Nc2nccc(-c3cccc(-c4cc([C@]5(O)CCN(C)C5=O)on4)n3)n2)on1. The number of nitrogens with one attached hydrogen (secondary N) is 1. The van der Waals surface area contributed by atoms with Crippen molar-refractivity contribution in [1.29, 1.82) is 0 Å². The second-order valence-corrected chi connectivity index (χ2v) is 8.32. The van der Waals surface area contributed by atoms with E-state index in [1.165, 1.54) is 4.90 Å². The molecule has 174 valence electrons. The summed E-state index contributed by atoms with van der Waals surface area (Å²) in [6.45, 7) is 4.23. The van der Waals surface area contributed by atoms with E-state index in [9.17, 15) is 9.90 Å². The Hall–Kier alpha value is -4.12. The third kappa shape index (κ3) is 3.90. The van der Waals surface area contributed by atoms with Crippen LogP contribution in [0.4, 0.5) is 5.95 Å². The van der Waals surface area contributed by atoms with Gasteiger partial charge in [0, 0.05) is 38.3 Å². The highest BCUT2D eigenvalue weighted by molar-refractivity contribution is 5.87. The summed E-state index contributed by atoms with van der Waals surface area (Å²) in [5.74, 6) is 0.796. The summed E-state index contributed by atoms with van der Waals surface area (Å²) >= 11 is 0. The van der Waals surface area contributed by atoms with Gasteiger partial charge in [-0.1, -0.05) is 16.4 Å². The van der Waals surface area contributed by atoms with E-state index in [1.54, 1.807) is 31.4 Å². The Morgan fingerprint density at radius 1 is 1.09 bits per heavy atom. The smallest absolute Gasteiger partial charge is 0.262 e. The van der Waals surface area contributed by atoms with E-state index < -0.39 is 11.5 Å². The lowest BCUT2D eigenvalue weighted by Gasteiger charge is -2.16. The van der Waals surface area contributed by atoms with Crippen LogP contribution < -0.4 is 5.32 Å². The predicted molar refractivity (Wildman–Crippen MR) is 120 cm³/mol. The molecule has 0 radical (unpaired) electrons. The Morgan fingerprint density at radius 3 is 2.56 bits per heavy atom. The van der Waals surface area contributed by atoms with Gasteiger partial charge >= 0.3 is 0 Å². The van der Waals surface area contributed by atoms with Crippen LogP contribution >= 0.6 is 0 Å². The molecule has 1 saturated heterocycles. The van der Waals surface area contributed by atoms with E-state index >= 15 is 0 Å². The fourth-order valence-electron chi connectivity index (χ4n) is 3.82. The van der Waals surface area contributed by atoms with Crippen LogP contribution in [0.3, 0.4) is 0 Å². The van der Waals surface area contributed by atoms with Crippen LogP contribution in [0.15, 0.2) is 51.6 Å². The van der Waals surface area contributed by atoms with Crippen LogP contribution in [0, 0.1) is 6.92 Å². The molecule has 1 unspecified atom stereocenters. The van der Waals surface area contributed by atoms with E-state index in [-0.39, 0.29) is 18.2 Å². The highest BCUT2D eigenvalue weighted by atomic mass is 16.5. The van der Waals surface area contributed by atoms with Crippen molar-refractivity contribution in [3.8, 4) is 22.8 Å². The molecule has 1 aliphatic rings. The zero-order valence-corrected chi connectivity index (χ0v) is 18.9. The first-order valence-electron chi connectivity index (χ1n) is 10.8. The number of hydrogen-bond donors (Lipinski definition) is 2. The standard InChI is InChI=1S/C23H23N7O4/c1-13-11-19(33-28-13)14(2)25-22-24-9-7-17(27-22)15-5-4-6-16(26-15)18-12-20(34-29-18)23(32)8-10-30(3)21(23)31/h4-7,9,11-12,14,32H,8,10H2,1-3H3,(H,24,25,27)/t14?,23-/m1/s1. The monoisotopic (exact) mass is 461 g/mol. The number of carbonyl (C=O) groups excluding carboxylic acids is 1. The molecule has 0 saturated carbocycles. The number of carbonyl (C=O) groups is 1. The Morgan fingerprint density at radius 2 is 1.85 bits per heavy atom. The van der Waals surface area contributed by atoms with Crippen molar-refractivity contribution in [2.24, 2.45) is 0 Å². The lowest BCUT2D eigenvalue weighted by Crippen LogP contribution is -2.35. The maximum Gasteiger partial charge on any atom is 0.262 e. The second-order valence-electron chi connectivity index (χ2n) is 8.32. The number of aliphatic hydroxyl groups is 1. The molecule has 4 aromatic heterocycles. The number of hydrogen-bond acceptors (Lipinski definition) is 10. The van der Waals surface area contributed by atoms with Crippen molar-refractivity contribution in [1.82, 2.24) is 30.2 Å². The zero-order chi connectivity index (χ0) is 23.9. The highest BCUT2D eigenvalue weighted by Crippen LogP contribution is 2.34. The molecule has 11 nitrogen and oxygen atoms in total. The van der Waals surface area contributed by atoms with Gasteiger partial charge in [-0.15, -0.1) is 0 Å². The minimum absolute atomic E-state index is 0.106. The number of aryl methyl sites for hydroxylation is 1. The molecule has 5 rings (SSSR count). The Balaban J connectivity index is 1.38. The quantitative estimate of drug-likeness (QED) is 0.440. The van der Waals surface area contributed by atoms with Crippen molar-refractivity contribution in [2.75, 3.05) is 18.9 Å². The van der Waals surface area contributed by atoms with Crippen molar-refractivity contribution < 1.29 is 18.9 Å². The Labute approximate surface area is 194 Å². The number of nitrogens with zero attached hydrogens (tertiary/aromatic N) is 6. The van der Waals surface area contributed by atoms with Crippen LogP contribution in [0.1, 0.15) is 36.6 Å². The van der Waals surface area contributed by atoms with E-state index in [0.717, 1.165) is 5.69 Å². The Bertz CT molecular complexity index is 1350. The topological polar surface area (TPSA) is 143 Å². The molecule has 34 heavy (non-hydrogen) atoms. The zero-order valence-electron chi connectivity index (χ0n) is 18.9. The normalized spacial score (nSPS) is 18.9. The molecule has 5 heterocycles. The molecule has 1 fully saturated rings. The second kappa shape index (κ2) is 8.34. The molecular formula is C23H23N7O4. The third-order valence-corrected chi connectivity index (χ3v) is 5.78. The molecule has 1 aliphatic heterocycles. The third-order valence-electron chi connectivity index (χ3n) is 5.78. The molecule has 2 N–H and O–H groups in total. The van der Waals surface area contributed by atoms with Gasteiger partial charge in [0.1, 0.15) is 5.69 Å². The summed E-state index contributed by atoms with van der Waals surface area (Å²) in [6, 6.07) is 10.4. The van der Waals surface area contributed by atoms with Gasteiger partial charge in [0.15, 0.2) is 11.5 Å². The molecule has 0 bridgehead atoms.